The van der Waals surface area contributed by atoms with Crippen molar-refractivity contribution in [3.63, 3.8) is 0 Å². The van der Waals surface area contributed by atoms with E-state index in [0.29, 0.717) is 5.75 Å². The molecule has 0 aliphatic carbocycles. The Morgan fingerprint density at radius 2 is 2.38 bits per heavy atom. The zero-order valence-corrected chi connectivity index (χ0v) is 9.10. The molecule has 1 N–H and O–H groups in total. The van der Waals surface area contributed by atoms with E-state index in [1.807, 2.05) is 6.92 Å². The number of nitrogens with one attached hydrogen (secondary N) is 1. The van der Waals surface area contributed by atoms with E-state index >= 15 is 0 Å². The van der Waals surface area contributed by atoms with Crippen molar-refractivity contribution >= 4 is 5.69 Å². The Bertz CT molecular complexity index is 400. The largest absolute Gasteiger partial charge is 0.482 e. The van der Waals surface area contributed by atoms with Crippen LogP contribution in [0.25, 0.3) is 0 Å². The van der Waals surface area contributed by atoms with Crippen molar-refractivity contribution in [2.24, 2.45) is 0 Å². The van der Waals surface area contributed by atoms with Gasteiger partial charge in [-0.05, 0) is 31.5 Å². The van der Waals surface area contributed by atoms with Crippen molar-refractivity contribution in [1.29, 1.82) is 0 Å². The quantitative estimate of drug-likeness (QED) is 0.623. The minimum Gasteiger partial charge on any atom is -0.482 e. The second-order valence-corrected chi connectivity index (χ2v) is 3.96. The van der Waals surface area contributed by atoms with Crippen LogP contribution in [-0.4, -0.2) is 24.1 Å². The minimum atomic E-state index is -0.406. The second-order valence-electron chi connectivity index (χ2n) is 3.96. The lowest BCUT2D eigenvalue weighted by atomic mass is 10.2. The number of nitrogens with zero attached hydrogens (tertiary/aromatic N) is 1. The van der Waals surface area contributed by atoms with Crippen LogP contribution in [0.2, 0.25) is 0 Å². The topological polar surface area (TPSA) is 64.4 Å². The second kappa shape index (κ2) is 4.49. The van der Waals surface area contributed by atoms with E-state index in [0.717, 1.165) is 25.1 Å². The molecule has 1 saturated heterocycles. The number of ether oxygens (including phenoxy) is 1. The molecule has 0 amide bonds. The molecule has 0 aromatic heterocycles. The SMILES string of the molecule is Cc1ccc([N+](=O)[O-])c(O[C@@H]2CCNC2)c1. The van der Waals surface area contributed by atoms with Crippen molar-refractivity contribution in [2.75, 3.05) is 13.1 Å². The van der Waals surface area contributed by atoms with Crippen LogP contribution in [-0.2, 0) is 0 Å². The van der Waals surface area contributed by atoms with Crippen LogP contribution in [0, 0.1) is 17.0 Å². The molecule has 86 valence electrons. The van der Waals surface area contributed by atoms with Crippen LogP contribution in [0.4, 0.5) is 5.69 Å². The molecule has 0 spiro atoms. The van der Waals surface area contributed by atoms with E-state index in [-0.39, 0.29) is 11.8 Å². The van der Waals surface area contributed by atoms with Crippen LogP contribution in [0.3, 0.4) is 0 Å². The van der Waals surface area contributed by atoms with E-state index in [9.17, 15) is 10.1 Å². The zero-order chi connectivity index (χ0) is 11.5. The third-order valence-electron chi connectivity index (χ3n) is 2.62. The first-order chi connectivity index (χ1) is 7.66. The van der Waals surface area contributed by atoms with Crippen LogP contribution in [0.5, 0.6) is 5.75 Å². The summed E-state index contributed by atoms with van der Waals surface area (Å²) in [4.78, 5) is 10.4. The molecular weight excluding hydrogens is 208 g/mol. The first kappa shape index (κ1) is 10.9. The molecule has 0 unspecified atom stereocenters. The molecule has 0 saturated carbocycles. The molecule has 0 radical (unpaired) electrons. The molecule has 1 atom stereocenters. The summed E-state index contributed by atoms with van der Waals surface area (Å²) in [6.45, 7) is 3.55. The third-order valence-corrected chi connectivity index (χ3v) is 2.62. The Morgan fingerprint density at radius 3 is 3.00 bits per heavy atom. The first-order valence-electron chi connectivity index (χ1n) is 5.29. The van der Waals surface area contributed by atoms with Gasteiger partial charge in [-0.25, -0.2) is 0 Å². The fourth-order valence-electron chi connectivity index (χ4n) is 1.77. The predicted molar refractivity (Wildman–Crippen MR) is 59.7 cm³/mol. The van der Waals surface area contributed by atoms with Gasteiger partial charge < -0.3 is 10.1 Å². The number of nitro groups is 1. The van der Waals surface area contributed by atoms with Gasteiger partial charge in [-0.3, -0.25) is 10.1 Å². The predicted octanol–water partition coefficient (Wildman–Crippen LogP) is 1.64. The van der Waals surface area contributed by atoms with Gasteiger partial charge >= 0.3 is 5.69 Å². The van der Waals surface area contributed by atoms with Crippen LogP contribution in [0.15, 0.2) is 18.2 Å². The van der Waals surface area contributed by atoms with Gasteiger partial charge in [0.2, 0.25) is 0 Å². The lowest BCUT2D eigenvalue weighted by Crippen LogP contribution is -2.20. The smallest absolute Gasteiger partial charge is 0.310 e. The summed E-state index contributed by atoms with van der Waals surface area (Å²) in [5, 5.41) is 14.0. The third kappa shape index (κ3) is 2.30. The van der Waals surface area contributed by atoms with Crippen molar-refractivity contribution in [3.05, 3.63) is 33.9 Å². The fraction of sp³-hybridized carbons (Fsp3) is 0.455. The van der Waals surface area contributed by atoms with Gasteiger partial charge in [-0.15, -0.1) is 0 Å². The number of hydrogen-bond donors (Lipinski definition) is 1. The molecule has 16 heavy (non-hydrogen) atoms. The van der Waals surface area contributed by atoms with E-state index in [1.54, 1.807) is 12.1 Å². The van der Waals surface area contributed by atoms with Crippen molar-refractivity contribution < 1.29 is 9.66 Å². The average molecular weight is 222 g/mol. The molecule has 1 heterocycles. The van der Waals surface area contributed by atoms with Crippen LogP contribution < -0.4 is 10.1 Å². The monoisotopic (exact) mass is 222 g/mol. The normalized spacial score (nSPS) is 19.7. The number of aryl methyl sites for hydroxylation is 1. The molecule has 1 aliphatic rings. The van der Waals surface area contributed by atoms with Crippen LogP contribution in [0.1, 0.15) is 12.0 Å². The fourth-order valence-corrected chi connectivity index (χ4v) is 1.77. The molecule has 2 rings (SSSR count). The summed E-state index contributed by atoms with van der Waals surface area (Å²) in [7, 11) is 0. The maximum atomic E-state index is 10.8. The van der Waals surface area contributed by atoms with Gasteiger partial charge in [-0.1, -0.05) is 6.07 Å². The Balaban J connectivity index is 2.22. The lowest BCUT2D eigenvalue weighted by Gasteiger charge is -2.12. The van der Waals surface area contributed by atoms with Gasteiger partial charge in [0, 0.05) is 12.6 Å². The average Bonchev–Trinajstić information content (AvgIpc) is 2.70. The maximum absolute atomic E-state index is 10.8. The van der Waals surface area contributed by atoms with Gasteiger partial charge in [0.15, 0.2) is 5.75 Å². The van der Waals surface area contributed by atoms with E-state index in [2.05, 4.69) is 5.32 Å². The van der Waals surface area contributed by atoms with Crippen molar-refractivity contribution in [3.8, 4) is 5.75 Å². The summed E-state index contributed by atoms with van der Waals surface area (Å²) in [5.74, 6) is 0.374. The molecule has 1 aliphatic heterocycles. The molecular formula is C11H14N2O3. The zero-order valence-electron chi connectivity index (χ0n) is 9.10. The lowest BCUT2D eigenvalue weighted by molar-refractivity contribution is -0.386. The van der Waals surface area contributed by atoms with Gasteiger partial charge in [0.1, 0.15) is 6.10 Å². The van der Waals surface area contributed by atoms with Crippen LogP contribution >= 0.6 is 0 Å². The highest BCUT2D eigenvalue weighted by molar-refractivity contribution is 5.48. The molecule has 1 fully saturated rings. The minimum absolute atomic E-state index is 0.0394. The maximum Gasteiger partial charge on any atom is 0.310 e. The summed E-state index contributed by atoms with van der Waals surface area (Å²) in [5.41, 5.74) is 1.00. The molecule has 5 heteroatoms. The molecule has 0 bridgehead atoms. The molecule has 1 aromatic carbocycles. The number of nitro benzene ring substituents is 1. The van der Waals surface area contributed by atoms with Crippen molar-refractivity contribution in [1.82, 2.24) is 5.32 Å². The Kier molecular flexibility index (Phi) is 3.05. The highest BCUT2D eigenvalue weighted by Crippen LogP contribution is 2.29. The van der Waals surface area contributed by atoms with Gasteiger partial charge in [0.25, 0.3) is 0 Å². The van der Waals surface area contributed by atoms with Gasteiger partial charge in [0.05, 0.1) is 4.92 Å². The summed E-state index contributed by atoms with van der Waals surface area (Å²) in [6.07, 6.45) is 0.936. The molecule has 5 nitrogen and oxygen atoms in total. The standard InChI is InChI=1S/C11H14N2O3/c1-8-2-3-10(13(14)15)11(6-8)16-9-4-5-12-7-9/h2-3,6,9,12H,4-5,7H2,1H3/t9-/m1/s1. The Hall–Kier alpha value is -1.62. The van der Waals surface area contributed by atoms with Gasteiger partial charge in [-0.2, -0.15) is 0 Å². The first-order valence-corrected chi connectivity index (χ1v) is 5.29. The highest BCUT2D eigenvalue weighted by atomic mass is 16.6. The van der Waals surface area contributed by atoms with Crippen molar-refractivity contribution in [2.45, 2.75) is 19.4 Å². The Labute approximate surface area is 93.6 Å². The Morgan fingerprint density at radius 1 is 1.56 bits per heavy atom. The number of hydrogen-bond acceptors (Lipinski definition) is 4. The summed E-state index contributed by atoms with van der Waals surface area (Å²) >= 11 is 0. The number of benzene rings is 1. The summed E-state index contributed by atoms with van der Waals surface area (Å²) < 4.78 is 5.64. The van der Waals surface area contributed by atoms with E-state index < -0.39 is 4.92 Å². The summed E-state index contributed by atoms with van der Waals surface area (Å²) in [6, 6.07) is 4.93. The number of rotatable bonds is 3. The van der Waals surface area contributed by atoms with E-state index in [4.69, 9.17) is 4.74 Å². The van der Waals surface area contributed by atoms with E-state index in [1.165, 1.54) is 6.07 Å². The highest BCUT2D eigenvalue weighted by Gasteiger charge is 2.21. The molecule has 1 aromatic rings.